The monoisotopic (exact) mass is 213 g/mol. The maximum atomic E-state index is 10.2. The first-order valence-corrected chi connectivity index (χ1v) is 5.53. The standard InChI is InChI=1S/C14H15NO/c16-11-10-15-9-8-13-6-3-5-12-4-1-2-7-14(12)13/h1-7,11,15H,8-10H2. The van der Waals surface area contributed by atoms with Gasteiger partial charge in [0.2, 0.25) is 0 Å². The molecule has 1 N–H and O–H groups in total. The van der Waals surface area contributed by atoms with Crippen LogP contribution in [0.4, 0.5) is 0 Å². The molecule has 2 aromatic carbocycles. The first-order chi connectivity index (χ1) is 7.92. The summed E-state index contributed by atoms with van der Waals surface area (Å²) in [5, 5.41) is 5.66. The molecular weight excluding hydrogens is 198 g/mol. The van der Waals surface area contributed by atoms with Gasteiger partial charge >= 0.3 is 0 Å². The molecule has 0 amide bonds. The highest BCUT2D eigenvalue weighted by Crippen LogP contribution is 2.18. The van der Waals surface area contributed by atoms with Crippen molar-refractivity contribution in [1.82, 2.24) is 5.32 Å². The molecule has 0 saturated carbocycles. The fraction of sp³-hybridized carbons (Fsp3) is 0.214. The summed E-state index contributed by atoms with van der Waals surface area (Å²) < 4.78 is 0. The summed E-state index contributed by atoms with van der Waals surface area (Å²) in [6.07, 6.45) is 1.85. The van der Waals surface area contributed by atoms with E-state index in [0.29, 0.717) is 6.54 Å². The van der Waals surface area contributed by atoms with E-state index in [9.17, 15) is 4.79 Å². The maximum Gasteiger partial charge on any atom is 0.133 e. The molecule has 2 heteroatoms. The predicted octanol–water partition coefficient (Wildman–Crippen LogP) is 2.17. The average Bonchev–Trinajstić information content (AvgIpc) is 2.35. The highest BCUT2D eigenvalue weighted by Gasteiger charge is 1.99. The van der Waals surface area contributed by atoms with Crippen LogP contribution in [0.2, 0.25) is 0 Å². The summed E-state index contributed by atoms with van der Waals surface area (Å²) in [6.45, 7) is 1.28. The van der Waals surface area contributed by atoms with Crippen LogP contribution in [-0.2, 0) is 11.2 Å². The smallest absolute Gasteiger partial charge is 0.133 e. The van der Waals surface area contributed by atoms with E-state index in [1.54, 1.807) is 0 Å². The molecule has 0 atom stereocenters. The van der Waals surface area contributed by atoms with E-state index in [1.165, 1.54) is 16.3 Å². The van der Waals surface area contributed by atoms with Gasteiger partial charge in [0.05, 0.1) is 6.54 Å². The lowest BCUT2D eigenvalue weighted by atomic mass is 10.0. The van der Waals surface area contributed by atoms with E-state index in [4.69, 9.17) is 0 Å². The Kier molecular flexibility index (Phi) is 3.67. The number of benzene rings is 2. The van der Waals surface area contributed by atoms with Gasteiger partial charge in [-0.1, -0.05) is 42.5 Å². The molecule has 0 aliphatic carbocycles. The number of fused-ring (bicyclic) bond motifs is 1. The molecule has 16 heavy (non-hydrogen) atoms. The molecule has 0 aromatic heterocycles. The predicted molar refractivity (Wildman–Crippen MR) is 66.6 cm³/mol. The number of rotatable bonds is 5. The molecule has 0 radical (unpaired) electrons. The van der Waals surface area contributed by atoms with Crippen LogP contribution in [0.15, 0.2) is 42.5 Å². The van der Waals surface area contributed by atoms with Crippen molar-refractivity contribution in [2.45, 2.75) is 6.42 Å². The average molecular weight is 213 g/mol. The third kappa shape index (κ3) is 2.47. The van der Waals surface area contributed by atoms with Crippen molar-refractivity contribution in [1.29, 1.82) is 0 Å². The third-order valence-corrected chi connectivity index (χ3v) is 2.68. The summed E-state index contributed by atoms with van der Waals surface area (Å²) in [5.41, 5.74) is 1.33. The Hall–Kier alpha value is -1.67. The number of hydrogen-bond acceptors (Lipinski definition) is 2. The van der Waals surface area contributed by atoms with Gasteiger partial charge < -0.3 is 10.1 Å². The van der Waals surface area contributed by atoms with Crippen LogP contribution in [-0.4, -0.2) is 19.4 Å². The van der Waals surface area contributed by atoms with E-state index >= 15 is 0 Å². The van der Waals surface area contributed by atoms with E-state index < -0.39 is 0 Å². The van der Waals surface area contributed by atoms with Crippen LogP contribution < -0.4 is 5.32 Å². The number of aldehydes is 1. The molecule has 0 unspecified atom stereocenters. The number of hydrogen-bond donors (Lipinski definition) is 1. The van der Waals surface area contributed by atoms with E-state index in [-0.39, 0.29) is 0 Å². The van der Waals surface area contributed by atoms with Crippen LogP contribution >= 0.6 is 0 Å². The van der Waals surface area contributed by atoms with Gasteiger partial charge in [0.25, 0.3) is 0 Å². The zero-order valence-electron chi connectivity index (χ0n) is 9.15. The second-order valence-electron chi connectivity index (χ2n) is 3.76. The normalized spacial score (nSPS) is 10.5. The quantitative estimate of drug-likeness (QED) is 0.609. The van der Waals surface area contributed by atoms with Gasteiger partial charge in [0, 0.05) is 0 Å². The van der Waals surface area contributed by atoms with Gasteiger partial charge in [0.15, 0.2) is 0 Å². The Bertz CT molecular complexity index is 474. The topological polar surface area (TPSA) is 29.1 Å². The fourth-order valence-corrected chi connectivity index (χ4v) is 1.89. The molecule has 82 valence electrons. The third-order valence-electron chi connectivity index (χ3n) is 2.68. The molecule has 2 rings (SSSR count). The lowest BCUT2D eigenvalue weighted by Crippen LogP contribution is -2.19. The van der Waals surface area contributed by atoms with Gasteiger partial charge in [-0.2, -0.15) is 0 Å². The van der Waals surface area contributed by atoms with Gasteiger partial charge in [-0.3, -0.25) is 0 Å². The van der Waals surface area contributed by atoms with Crippen molar-refractivity contribution in [3.63, 3.8) is 0 Å². The molecule has 0 aliphatic rings. The number of carbonyl (C=O) groups is 1. The molecule has 0 spiro atoms. The zero-order chi connectivity index (χ0) is 11.2. The van der Waals surface area contributed by atoms with E-state index in [1.807, 2.05) is 0 Å². The highest BCUT2D eigenvalue weighted by molar-refractivity contribution is 5.85. The SMILES string of the molecule is O=CCNCCc1cccc2ccccc12. The summed E-state index contributed by atoms with van der Waals surface area (Å²) >= 11 is 0. The highest BCUT2D eigenvalue weighted by atomic mass is 16.1. The first kappa shape index (κ1) is 10.8. The Balaban J connectivity index is 2.14. The second kappa shape index (κ2) is 5.42. The molecule has 0 bridgehead atoms. The molecular formula is C14H15NO. The van der Waals surface area contributed by atoms with Crippen molar-refractivity contribution in [3.05, 3.63) is 48.0 Å². The van der Waals surface area contributed by atoms with Crippen molar-refractivity contribution >= 4 is 17.1 Å². The van der Waals surface area contributed by atoms with Crippen LogP contribution in [0.1, 0.15) is 5.56 Å². The minimum absolute atomic E-state index is 0.435. The molecule has 2 nitrogen and oxygen atoms in total. The number of carbonyl (C=O) groups excluding carboxylic acids is 1. The van der Waals surface area contributed by atoms with Crippen LogP contribution in [0.25, 0.3) is 10.8 Å². The van der Waals surface area contributed by atoms with Crippen molar-refractivity contribution in [2.75, 3.05) is 13.1 Å². The van der Waals surface area contributed by atoms with E-state index in [0.717, 1.165) is 19.3 Å². The second-order valence-corrected chi connectivity index (χ2v) is 3.76. The Morgan fingerprint density at radius 1 is 1.06 bits per heavy atom. The first-order valence-electron chi connectivity index (χ1n) is 5.53. The van der Waals surface area contributed by atoms with Crippen molar-refractivity contribution < 1.29 is 4.79 Å². The van der Waals surface area contributed by atoms with Gasteiger partial charge in [-0.05, 0) is 29.3 Å². The maximum absolute atomic E-state index is 10.2. The van der Waals surface area contributed by atoms with Crippen LogP contribution in [0.3, 0.4) is 0 Å². The summed E-state index contributed by atoms with van der Waals surface area (Å²) in [5.74, 6) is 0. The van der Waals surface area contributed by atoms with Crippen molar-refractivity contribution in [2.24, 2.45) is 0 Å². The summed E-state index contributed by atoms with van der Waals surface area (Å²) in [6, 6.07) is 14.7. The minimum atomic E-state index is 0.435. The van der Waals surface area contributed by atoms with Crippen LogP contribution in [0, 0.1) is 0 Å². The molecule has 0 heterocycles. The largest absolute Gasteiger partial charge is 0.310 e. The van der Waals surface area contributed by atoms with Gasteiger partial charge in [-0.15, -0.1) is 0 Å². The Morgan fingerprint density at radius 2 is 1.88 bits per heavy atom. The molecule has 2 aromatic rings. The fourth-order valence-electron chi connectivity index (χ4n) is 1.89. The number of nitrogens with one attached hydrogen (secondary N) is 1. The lowest BCUT2D eigenvalue weighted by molar-refractivity contribution is -0.107. The Morgan fingerprint density at radius 3 is 2.75 bits per heavy atom. The van der Waals surface area contributed by atoms with E-state index in [2.05, 4.69) is 47.8 Å². The molecule has 0 saturated heterocycles. The molecule has 0 fully saturated rings. The molecule has 0 aliphatic heterocycles. The lowest BCUT2D eigenvalue weighted by Gasteiger charge is -2.06. The van der Waals surface area contributed by atoms with Crippen LogP contribution in [0.5, 0.6) is 0 Å². The van der Waals surface area contributed by atoms with Crippen molar-refractivity contribution in [3.8, 4) is 0 Å². The van der Waals surface area contributed by atoms with Gasteiger partial charge in [0.1, 0.15) is 6.29 Å². The van der Waals surface area contributed by atoms with Gasteiger partial charge in [-0.25, -0.2) is 0 Å². The summed E-state index contributed by atoms with van der Waals surface area (Å²) in [7, 11) is 0. The zero-order valence-corrected chi connectivity index (χ0v) is 9.15. The minimum Gasteiger partial charge on any atom is -0.310 e. The summed E-state index contributed by atoms with van der Waals surface area (Å²) in [4.78, 5) is 10.2. The Labute approximate surface area is 95.3 Å².